The van der Waals surface area contributed by atoms with Gasteiger partial charge in [0.15, 0.2) is 0 Å². The van der Waals surface area contributed by atoms with Gasteiger partial charge in [-0.2, -0.15) is 0 Å². The zero-order valence-electron chi connectivity index (χ0n) is 17.0. The molecule has 0 atom stereocenters. The van der Waals surface area contributed by atoms with Crippen molar-refractivity contribution in [1.29, 1.82) is 0 Å². The first-order valence-corrected chi connectivity index (χ1v) is 10.2. The Kier molecular flexibility index (Phi) is 7.25. The van der Waals surface area contributed by atoms with Gasteiger partial charge >= 0.3 is 6.03 Å². The Balaban J connectivity index is 1.51. The Bertz CT molecular complexity index is 740. The molecule has 1 N–H and O–H groups in total. The van der Waals surface area contributed by atoms with Crippen LogP contribution in [0.25, 0.3) is 0 Å². The van der Waals surface area contributed by atoms with Gasteiger partial charge in [0.2, 0.25) is 0 Å². The minimum Gasteiger partial charge on any atom is -0.353 e. The van der Waals surface area contributed by atoms with E-state index in [1.165, 1.54) is 11.1 Å². The third-order valence-corrected chi connectivity index (χ3v) is 5.38. The average molecular weight is 382 g/mol. The number of anilines is 1. The quantitative estimate of drug-likeness (QED) is 0.801. The van der Waals surface area contributed by atoms with Gasteiger partial charge in [-0.1, -0.05) is 44.2 Å². The van der Waals surface area contributed by atoms with E-state index in [4.69, 9.17) is 0 Å². The first-order valence-electron chi connectivity index (χ1n) is 10.2. The van der Waals surface area contributed by atoms with Crippen LogP contribution in [0, 0.1) is 0 Å². The number of nitrogens with one attached hydrogen (secondary N) is 1. The number of amides is 2. The van der Waals surface area contributed by atoms with Gasteiger partial charge in [-0.3, -0.25) is 4.90 Å². The second-order valence-electron chi connectivity index (χ2n) is 7.05. The van der Waals surface area contributed by atoms with Crippen molar-refractivity contribution >= 4 is 11.8 Å². The van der Waals surface area contributed by atoms with Crippen molar-refractivity contribution in [1.82, 2.24) is 20.1 Å². The number of hydrogen-bond donors (Lipinski definition) is 1. The largest absolute Gasteiger partial charge is 0.353 e. The summed E-state index contributed by atoms with van der Waals surface area (Å²) in [6, 6.07) is 14.3. The summed E-state index contributed by atoms with van der Waals surface area (Å²) in [6.07, 6.45) is 1.81. The fourth-order valence-electron chi connectivity index (χ4n) is 3.53. The van der Waals surface area contributed by atoms with E-state index >= 15 is 0 Å². The van der Waals surface area contributed by atoms with E-state index < -0.39 is 0 Å². The molecule has 0 saturated carbocycles. The number of nitrogens with zero attached hydrogens (tertiary/aromatic N) is 4. The van der Waals surface area contributed by atoms with E-state index in [0.29, 0.717) is 19.6 Å². The molecule has 0 radical (unpaired) electrons. The normalized spacial score (nSPS) is 14.4. The number of carbonyl (C=O) groups is 1. The third-order valence-electron chi connectivity index (χ3n) is 5.38. The van der Waals surface area contributed by atoms with E-state index in [1.807, 2.05) is 35.4 Å². The van der Waals surface area contributed by atoms with Crippen LogP contribution in [0.1, 0.15) is 25.0 Å². The van der Waals surface area contributed by atoms with E-state index in [2.05, 4.69) is 52.1 Å². The van der Waals surface area contributed by atoms with E-state index in [9.17, 15) is 4.79 Å². The van der Waals surface area contributed by atoms with Gasteiger partial charge < -0.3 is 15.1 Å². The van der Waals surface area contributed by atoms with Crippen LogP contribution in [0.15, 0.2) is 48.7 Å². The monoisotopic (exact) mass is 381 g/mol. The zero-order chi connectivity index (χ0) is 19.8. The standard InChI is InChI=1S/C22H31N5O/c1-3-25(4-2)18-20-10-6-5-9-19(20)17-24-22(28)27-15-13-26(14-16-27)21-11-7-8-12-23-21/h5-12H,3-4,13-18H2,1-2H3,(H,24,28). The van der Waals surface area contributed by atoms with Crippen LogP contribution in [0.4, 0.5) is 10.6 Å². The van der Waals surface area contributed by atoms with Crippen molar-refractivity contribution in [2.75, 3.05) is 44.2 Å². The number of piperazine rings is 1. The highest BCUT2D eigenvalue weighted by Gasteiger charge is 2.21. The van der Waals surface area contributed by atoms with E-state index in [1.54, 1.807) is 0 Å². The summed E-state index contributed by atoms with van der Waals surface area (Å²) in [5.41, 5.74) is 2.47. The van der Waals surface area contributed by atoms with Crippen LogP contribution in [-0.4, -0.2) is 60.1 Å². The maximum absolute atomic E-state index is 12.6. The van der Waals surface area contributed by atoms with Crippen molar-refractivity contribution in [3.05, 3.63) is 59.8 Å². The van der Waals surface area contributed by atoms with Crippen molar-refractivity contribution in [2.45, 2.75) is 26.9 Å². The molecule has 0 unspecified atom stereocenters. The minimum absolute atomic E-state index is 0.0123. The molecule has 28 heavy (non-hydrogen) atoms. The molecule has 0 aliphatic carbocycles. The van der Waals surface area contributed by atoms with Gasteiger partial charge in [-0.25, -0.2) is 9.78 Å². The lowest BCUT2D eigenvalue weighted by molar-refractivity contribution is 0.193. The van der Waals surface area contributed by atoms with Crippen molar-refractivity contribution in [3.8, 4) is 0 Å². The van der Waals surface area contributed by atoms with Gasteiger partial charge in [-0.15, -0.1) is 0 Å². The minimum atomic E-state index is 0.0123. The summed E-state index contributed by atoms with van der Waals surface area (Å²) in [7, 11) is 0. The SMILES string of the molecule is CCN(CC)Cc1ccccc1CNC(=O)N1CCN(c2ccccn2)CC1. The molecule has 3 rings (SSSR count). The van der Waals surface area contributed by atoms with Gasteiger partial charge in [0.05, 0.1) is 0 Å². The number of pyridine rings is 1. The molecule has 1 aliphatic heterocycles. The van der Waals surface area contributed by atoms with Crippen molar-refractivity contribution in [2.24, 2.45) is 0 Å². The summed E-state index contributed by atoms with van der Waals surface area (Å²) in [5, 5.41) is 3.11. The molecule has 6 heteroatoms. The highest BCUT2D eigenvalue weighted by molar-refractivity contribution is 5.74. The molecular weight excluding hydrogens is 350 g/mol. The van der Waals surface area contributed by atoms with Crippen LogP contribution in [0.5, 0.6) is 0 Å². The van der Waals surface area contributed by atoms with Crippen LogP contribution >= 0.6 is 0 Å². The molecule has 6 nitrogen and oxygen atoms in total. The number of carbonyl (C=O) groups excluding carboxylic acids is 1. The zero-order valence-corrected chi connectivity index (χ0v) is 17.0. The summed E-state index contributed by atoms with van der Waals surface area (Å²) in [4.78, 5) is 23.5. The molecule has 1 aromatic carbocycles. The Morgan fingerprint density at radius 2 is 1.68 bits per heavy atom. The lowest BCUT2D eigenvalue weighted by Crippen LogP contribution is -2.51. The molecule has 1 aromatic heterocycles. The Hall–Kier alpha value is -2.60. The van der Waals surface area contributed by atoms with Gasteiger partial charge in [0.25, 0.3) is 0 Å². The first-order chi connectivity index (χ1) is 13.7. The molecule has 0 bridgehead atoms. The molecule has 2 amide bonds. The predicted molar refractivity (Wildman–Crippen MR) is 113 cm³/mol. The lowest BCUT2D eigenvalue weighted by atomic mass is 10.1. The summed E-state index contributed by atoms with van der Waals surface area (Å²) in [6.45, 7) is 10.9. The van der Waals surface area contributed by atoms with Crippen LogP contribution < -0.4 is 10.2 Å². The maximum atomic E-state index is 12.6. The fourth-order valence-corrected chi connectivity index (χ4v) is 3.53. The number of aromatic nitrogens is 1. The van der Waals surface area contributed by atoms with Gasteiger partial charge in [0, 0.05) is 45.5 Å². The topological polar surface area (TPSA) is 51.7 Å². The summed E-state index contributed by atoms with van der Waals surface area (Å²) < 4.78 is 0. The summed E-state index contributed by atoms with van der Waals surface area (Å²) >= 11 is 0. The smallest absolute Gasteiger partial charge is 0.317 e. The highest BCUT2D eigenvalue weighted by Crippen LogP contribution is 2.14. The molecular formula is C22H31N5O. The van der Waals surface area contributed by atoms with Crippen LogP contribution in [-0.2, 0) is 13.1 Å². The molecule has 150 valence electrons. The van der Waals surface area contributed by atoms with Crippen LogP contribution in [0.2, 0.25) is 0 Å². The Labute approximate surface area is 168 Å². The number of urea groups is 1. The second-order valence-corrected chi connectivity index (χ2v) is 7.05. The number of hydrogen-bond acceptors (Lipinski definition) is 4. The number of benzene rings is 1. The van der Waals surface area contributed by atoms with Crippen LogP contribution in [0.3, 0.4) is 0 Å². The van der Waals surface area contributed by atoms with Gasteiger partial charge in [-0.05, 0) is 36.3 Å². The second kappa shape index (κ2) is 10.1. The molecule has 1 fully saturated rings. The molecule has 2 heterocycles. The van der Waals surface area contributed by atoms with E-state index in [-0.39, 0.29) is 6.03 Å². The van der Waals surface area contributed by atoms with Gasteiger partial charge in [0.1, 0.15) is 5.82 Å². The van der Waals surface area contributed by atoms with E-state index in [0.717, 1.165) is 38.5 Å². The average Bonchev–Trinajstić information content (AvgIpc) is 2.77. The first kappa shape index (κ1) is 20.1. The molecule has 1 saturated heterocycles. The predicted octanol–water partition coefficient (Wildman–Crippen LogP) is 2.96. The maximum Gasteiger partial charge on any atom is 0.317 e. The molecule has 0 spiro atoms. The highest BCUT2D eigenvalue weighted by atomic mass is 16.2. The Morgan fingerprint density at radius 3 is 2.32 bits per heavy atom. The molecule has 1 aliphatic rings. The lowest BCUT2D eigenvalue weighted by Gasteiger charge is -2.35. The van der Waals surface area contributed by atoms with Crippen molar-refractivity contribution < 1.29 is 4.79 Å². The number of rotatable bonds is 7. The fraction of sp³-hybridized carbons (Fsp3) is 0.455. The third kappa shape index (κ3) is 5.23. The van der Waals surface area contributed by atoms with Crippen molar-refractivity contribution in [3.63, 3.8) is 0 Å². The Morgan fingerprint density at radius 1 is 1.00 bits per heavy atom. The summed E-state index contributed by atoms with van der Waals surface area (Å²) in [5.74, 6) is 0.980. The molecule has 2 aromatic rings.